The summed E-state index contributed by atoms with van der Waals surface area (Å²) >= 11 is 0. The molecule has 1 unspecified atom stereocenters. The molecule has 1 aliphatic rings. The van der Waals surface area contributed by atoms with E-state index < -0.39 is 0 Å². The molecule has 0 amide bonds. The van der Waals surface area contributed by atoms with E-state index in [-0.39, 0.29) is 36.9 Å². The second-order valence-corrected chi connectivity index (χ2v) is 10.2. The van der Waals surface area contributed by atoms with E-state index in [9.17, 15) is 14.7 Å². The van der Waals surface area contributed by atoms with Gasteiger partial charge in [-0.15, -0.1) is 0 Å². The number of carbonyl (C=O) groups is 2. The molecule has 0 radical (unpaired) electrons. The summed E-state index contributed by atoms with van der Waals surface area (Å²) in [5, 5.41) is 25.5. The maximum atomic E-state index is 9.48. The van der Waals surface area contributed by atoms with Crippen LogP contribution in [0.15, 0.2) is 48.6 Å². The molecular formula is C32H52O6. The Morgan fingerprint density at radius 3 is 1.82 bits per heavy atom. The number of unbranched alkanes of at least 4 members (excludes halogenated alkanes) is 3. The molecule has 1 saturated carbocycles. The highest BCUT2D eigenvalue weighted by molar-refractivity contribution is 5.72. The van der Waals surface area contributed by atoms with Crippen LogP contribution < -0.4 is 0 Å². The number of rotatable bonds is 16. The summed E-state index contributed by atoms with van der Waals surface area (Å²) in [5.41, 5.74) is 3.05. The highest BCUT2D eigenvalue weighted by Crippen LogP contribution is 2.34. The van der Waals surface area contributed by atoms with Crippen molar-refractivity contribution in [1.29, 1.82) is 0 Å². The molecule has 0 aromatic heterocycles. The van der Waals surface area contributed by atoms with Crippen LogP contribution in [0.3, 0.4) is 0 Å². The molecule has 0 saturated heterocycles. The van der Waals surface area contributed by atoms with E-state index in [1.165, 1.54) is 81.8 Å². The average Bonchev–Trinajstić information content (AvgIpc) is 2.97. The van der Waals surface area contributed by atoms with E-state index in [4.69, 9.17) is 14.9 Å². The van der Waals surface area contributed by atoms with Crippen LogP contribution >= 0.6 is 0 Å². The molecule has 2 rings (SSSR count). The van der Waals surface area contributed by atoms with Gasteiger partial charge in [0.05, 0.1) is 26.4 Å². The standard InChI is InChI=1S/C24H40O2.2C4H6O2/c1-3-4-5-6-7-20-8-10-21(11-9-20)12-13-22-14-16-23(17-15-22)24(18-25)19-26-2;2*1-4(2-5)3-6/h14-17,20-21,24-25H,3-13,18-19H2,1-2H3;2*2,6H,1,3H2. The van der Waals surface area contributed by atoms with E-state index in [1.807, 2.05) is 0 Å². The summed E-state index contributed by atoms with van der Waals surface area (Å²) in [7, 11) is 1.69. The van der Waals surface area contributed by atoms with Gasteiger partial charge in [-0.25, -0.2) is 0 Å². The first kappa shape index (κ1) is 35.9. The molecule has 216 valence electrons. The van der Waals surface area contributed by atoms with Crippen molar-refractivity contribution in [3.63, 3.8) is 0 Å². The molecule has 3 N–H and O–H groups in total. The lowest BCUT2D eigenvalue weighted by molar-refractivity contribution is -0.106. The monoisotopic (exact) mass is 532 g/mol. The zero-order chi connectivity index (χ0) is 28.6. The number of ether oxygens (including phenoxy) is 1. The molecule has 38 heavy (non-hydrogen) atoms. The first-order chi connectivity index (χ1) is 18.4. The summed E-state index contributed by atoms with van der Waals surface area (Å²) in [4.78, 5) is 19.0. The van der Waals surface area contributed by atoms with Gasteiger partial charge in [-0.2, -0.15) is 0 Å². The van der Waals surface area contributed by atoms with Gasteiger partial charge in [0.15, 0.2) is 0 Å². The van der Waals surface area contributed by atoms with Crippen molar-refractivity contribution in [3.8, 4) is 0 Å². The maximum absolute atomic E-state index is 9.48. The molecule has 1 aromatic carbocycles. The van der Waals surface area contributed by atoms with E-state index >= 15 is 0 Å². The Morgan fingerprint density at radius 1 is 0.895 bits per heavy atom. The molecular weight excluding hydrogens is 480 g/mol. The first-order valence-corrected chi connectivity index (χ1v) is 14.0. The molecule has 1 aromatic rings. The predicted molar refractivity (Wildman–Crippen MR) is 155 cm³/mol. The second-order valence-electron chi connectivity index (χ2n) is 10.2. The van der Waals surface area contributed by atoms with Crippen molar-refractivity contribution in [1.82, 2.24) is 0 Å². The van der Waals surface area contributed by atoms with Crippen molar-refractivity contribution in [2.45, 2.75) is 83.5 Å². The molecule has 6 heteroatoms. The number of aldehydes is 2. The summed E-state index contributed by atoms with van der Waals surface area (Å²) in [6.45, 7) is 8.91. The lowest BCUT2D eigenvalue weighted by Gasteiger charge is -2.28. The van der Waals surface area contributed by atoms with Crippen molar-refractivity contribution in [2.24, 2.45) is 11.8 Å². The van der Waals surface area contributed by atoms with E-state index in [2.05, 4.69) is 44.3 Å². The Balaban J connectivity index is 0.000000948. The zero-order valence-electron chi connectivity index (χ0n) is 23.8. The third-order valence-corrected chi connectivity index (χ3v) is 7.05. The fourth-order valence-electron chi connectivity index (χ4n) is 4.53. The van der Waals surface area contributed by atoms with Crippen LogP contribution in [0.25, 0.3) is 0 Å². The Hall–Kier alpha value is -2.12. The van der Waals surface area contributed by atoms with Crippen LogP contribution in [0.5, 0.6) is 0 Å². The third kappa shape index (κ3) is 17.4. The van der Waals surface area contributed by atoms with Crippen molar-refractivity contribution < 1.29 is 29.6 Å². The van der Waals surface area contributed by atoms with Gasteiger partial charge in [-0.05, 0) is 35.8 Å². The SMILES string of the molecule is C=C(C=O)CO.C=C(C=O)CO.CCCCCCC1CCC(CCc2ccc(C(CO)COC)cc2)CC1. The van der Waals surface area contributed by atoms with Gasteiger partial charge in [0.25, 0.3) is 0 Å². The van der Waals surface area contributed by atoms with Gasteiger partial charge in [-0.1, -0.05) is 102 Å². The molecule has 1 atom stereocenters. The molecule has 1 fully saturated rings. The van der Waals surface area contributed by atoms with Crippen LogP contribution in [-0.4, -0.2) is 61.4 Å². The fourth-order valence-corrected chi connectivity index (χ4v) is 4.53. The average molecular weight is 533 g/mol. The van der Waals surface area contributed by atoms with E-state index in [1.54, 1.807) is 7.11 Å². The highest BCUT2D eigenvalue weighted by Gasteiger charge is 2.20. The molecule has 6 nitrogen and oxygen atoms in total. The Bertz CT molecular complexity index is 730. The minimum absolute atomic E-state index is 0.0988. The lowest BCUT2D eigenvalue weighted by atomic mass is 9.77. The number of carbonyl (C=O) groups excluding carboxylic acids is 2. The Labute approximate surface area is 230 Å². The van der Waals surface area contributed by atoms with Gasteiger partial charge in [0.2, 0.25) is 0 Å². The number of aryl methyl sites for hydroxylation is 1. The van der Waals surface area contributed by atoms with Crippen LogP contribution in [0.1, 0.15) is 88.2 Å². The highest BCUT2D eigenvalue weighted by atomic mass is 16.5. The van der Waals surface area contributed by atoms with Gasteiger partial charge >= 0.3 is 0 Å². The molecule has 0 spiro atoms. The van der Waals surface area contributed by atoms with Crippen LogP contribution in [0.2, 0.25) is 0 Å². The Morgan fingerprint density at radius 2 is 1.42 bits per heavy atom. The second kappa shape index (κ2) is 24.0. The fraction of sp³-hybridized carbons (Fsp3) is 0.625. The summed E-state index contributed by atoms with van der Waals surface area (Å²) < 4.78 is 5.19. The summed E-state index contributed by atoms with van der Waals surface area (Å²) in [5.74, 6) is 2.04. The number of methoxy groups -OCH3 is 1. The van der Waals surface area contributed by atoms with E-state index in [0.29, 0.717) is 19.2 Å². The van der Waals surface area contributed by atoms with Crippen molar-refractivity contribution in [3.05, 3.63) is 59.7 Å². The number of benzene rings is 1. The lowest BCUT2D eigenvalue weighted by Crippen LogP contribution is -2.15. The molecule has 1 aliphatic carbocycles. The number of hydrogen-bond donors (Lipinski definition) is 3. The van der Waals surface area contributed by atoms with Gasteiger partial charge < -0.3 is 20.1 Å². The topological polar surface area (TPSA) is 104 Å². The smallest absolute Gasteiger partial charge is 0.147 e. The Kier molecular flexibility index (Phi) is 22.6. The zero-order valence-corrected chi connectivity index (χ0v) is 23.8. The largest absolute Gasteiger partial charge is 0.396 e. The molecule has 0 heterocycles. The van der Waals surface area contributed by atoms with E-state index in [0.717, 1.165) is 11.8 Å². The van der Waals surface area contributed by atoms with Crippen LogP contribution in [0.4, 0.5) is 0 Å². The van der Waals surface area contributed by atoms with Gasteiger partial charge in [0, 0.05) is 24.2 Å². The van der Waals surface area contributed by atoms with Crippen molar-refractivity contribution >= 4 is 12.6 Å². The normalized spacial score (nSPS) is 17.2. The number of hydrogen-bond acceptors (Lipinski definition) is 6. The van der Waals surface area contributed by atoms with Gasteiger partial charge in [-0.3, -0.25) is 9.59 Å². The van der Waals surface area contributed by atoms with Crippen molar-refractivity contribution in [2.75, 3.05) is 33.5 Å². The number of aliphatic hydroxyl groups is 3. The molecule has 0 aliphatic heterocycles. The van der Waals surface area contributed by atoms with Crippen LogP contribution in [0, 0.1) is 11.8 Å². The number of aliphatic hydroxyl groups excluding tert-OH is 3. The minimum Gasteiger partial charge on any atom is -0.396 e. The van der Waals surface area contributed by atoms with Gasteiger partial charge in [0.1, 0.15) is 12.6 Å². The minimum atomic E-state index is -0.233. The summed E-state index contributed by atoms with van der Waals surface area (Å²) in [6, 6.07) is 8.82. The molecule has 0 bridgehead atoms. The predicted octanol–water partition coefficient (Wildman–Crippen LogP) is 5.59. The quantitative estimate of drug-likeness (QED) is 0.146. The summed E-state index contributed by atoms with van der Waals surface area (Å²) in [6.07, 6.45) is 16.5. The first-order valence-electron chi connectivity index (χ1n) is 14.0. The third-order valence-electron chi connectivity index (χ3n) is 7.05. The maximum Gasteiger partial charge on any atom is 0.147 e. The van der Waals surface area contributed by atoms with Crippen LogP contribution in [-0.2, 0) is 20.7 Å².